The molecule has 0 saturated carbocycles. The van der Waals surface area contributed by atoms with Crippen molar-refractivity contribution in [2.45, 2.75) is 31.0 Å². The third-order valence-corrected chi connectivity index (χ3v) is 4.58. The summed E-state index contributed by atoms with van der Waals surface area (Å²) in [4.78, 5) is 23.0. The molecule has 12 heteroatoms. The molecule has 4 rings (SSSR count). The Bertz CT molecular complexity index is 1100. The van der Waals surface area contributed by atoms with Gasteiger partial charge < -0.3 is 20.3 Å². The Kier molecular flexibility index (Phi) is 4.76. The minimum absolute atomic E-state index is 0.00475. The van der Waals surface area contributed by atoms with Gasteiger partial charge in [-0.15, -0.1) is 0 Å². The average Bonchev–Trinajstić information content (AvgIpc) is 3.24. The molecule has 1 aliphatic heterocycles. The number of nitrogens with one attached hydrogen (secondary N) is 2. The van der Waals surface area contributed by atoms with Gasteiger partial charge >= 0.3 is 6.18 Å². The van der Waals surface area contributed by atoms with Crippen molar-refractivity contribution in [3.63, 3.8) is 0 Å². The van der Waals surface area contributed by atoms with E-state index in [0.717, 1.165) is 12.1 Å². The lowest BCUT2D eigenvalue weighted by Crippen LogP contribution is -2.24. The lowest BCUT2D eigenvalue weighted by molar-refractivity contribution is -0.137. The van der Waals surface area contributed by atoms with Crippen LogP contribution in [0.3, 0.4) is 0 Å². The number of aliphatic hydroxyl groups excluding tert-OH is 2. The second-order valence-electron chi connectivity index (χ2n) is 6.56. The van der Waals surface area contributed by atoms with Crippen molar-refractivity contribution in [1.29, 1.82) is 0 Å². The lowest BCUT2D eigenvalue weighted by atomic mass is 10.2. The number of aromatic nitrogens is 4. The molecule has 0 aliphatic carbocycles. The number of anilines is 2. The van der Waals surface area contributed by atoms with Gasteiger partial charge in [-0.2, -0.15) is 18.2 Å². The van der Waals surface area contributed by atoms with Crippen molar-refractivity contribution in [2.75, 3.05) is 11.9 Å². The molecule has 154 valence electrons. The number of fused-ring (bicyclic) bond motifs is 1. The summed E-state index contributed by atoms with van der Waals surface area (Å²) in [6, 6.07) is 4.46. The van der Waals surface area contributed by atoms with Crippen LogP contribution in [0.5, 0.6) is 0 Å². The first-order valence-electron chi connectivity index (χ1n) is 8.62. The van der Waals surface area contributed by atoms with Gasteiger partial charge in [0.1, 0.15) is 12.3 Å². The monoisotopic (exact) mass is 411 g/mol. The smallest absolute Gasteiger partial charge is 0.394 e. The van der Waals surface area contributed by atoms with Crippen LogP contribution < -0.4 is 10.9 Å². The molecule has 29 heavy (non-hydrogen) atoms. The van der Waals surface area contributed by atoms with E-state index in [1.54, 1.807) is 0 Å². The first-order valence-corrected chi connectivity index (χ1v) is 8.62. The quantitative estimate of drug-likeness (QED) is 0.513. The molecule has 9 nitrogen and oxygen atoms in total. The third-order valence-electron chi connectivity index (χ3n) is 4.58. The van der Waals surface area contributed by atoms with E-state index in [4.69, 9.17) is 4.74 Å². The zero-order valence-corrected chi connectivity index (χ0v) is 14.7. The number of benzene rings is 1. The average molecular weight is 411 g/mol. The molecular weight excluding hydrogens is 395 g/mol. The van der Waals surface area contributed by atoms with Crippen molar-refractivity contribution in [3.8, 4) is 0 Å². The summed E-state index contributed by atoms with van der Waals surface area (Å²) in [7, 11) is 0. The minimum atomic E-state index is -4.51. The summed E-state index contributed by atoms with van der Waals surface area (Å²) in [5.74, 6) is -0.0826. The van der Waals surface area contributed by atoms with Gasteiger partial charge in [0.25, 0.3) is 5.56 Å². The molecule has 1 saturated heterocycles. The van der Waals surface area contributed by atoms with Crippen molar-refractivity contribution in [3.05, 3.63) is 46.5 Å². The zero-order valence-electron chi connectivity index (χ0n) is 14.7. The predicted octanol–water partition coefficient (Wildman–Crippen LogP) is 1.52. The summed E-state index contributed by atoms with van der Waals surface area (Å²) in [5, 5.41) is 21.8. The van der Waals surface area contributed by atoms with Crippen LogP contribution >= 0.6 is 0 Å². The number of halogens is 3. The van der Waals surface area contributed by atoms with E-state index in [9.17, 15) is 28.2 Å². The molecule has 1 fully saturated rings. The van der Waals surface area contributed by atoms with Gasteiger partial charge in [0.2, 0.25) is 5.95 Å². The van der Waals surface area contributed by atoms with E-state index >= 15 is 0 Å². The number of nitrogens with zero attached hydrogens (tertiary/aromatic N) is 3. The summed E-state index contributed by atoms with van der Waals surface area (Å²) in [6.07, 6.45) is -5.41. The highest BCUT2D eigenvalue weighted by atomic mass is 19.4. The predicted molar refractivity (Wildman–Crippen MR) is 94.5 cm³/mol. The number of ether oxygens (including phenoxy) is 1. The summed E-state index contributed by atoms with van der Waals surface area (Å²) in [6.45, 7) is -0.374. The molecule has 0 radical (unpaired) electrons. The van der Waals surface area contributed by atoms with Gasteiger partial charge in [0, 0.05) is 12.1 Å². The highest BCUT2D eigenvalue weighted by molar-refractivity contribution is 5.72. The Morgan fingerprint density at radius 3 is 2.86 bits per heavy atom. The maximum atomic E-state index is 12.9. The van der Waals surface area contributed by atoms with Crippen molar-refractivity contribution in [1.82, 2.24) is 19.5 Å². The molecule has 1 aromatic carbocycles. The number of rotatable bonds is 4. The maximum Gasteiger partial charge on any atom is 0.416 e. The second-order valence-corrected chi connectivity index (χ2v) is 6.56. The molecule has 3 unspecified atom stereocenters. The maximum absolute atomic E-state index is 12.9. The standard InChI is InChI=1S/C17H16F3N5O4/c18-17(19,20)8-2-1-3-9(4-8)22-16-23-14-13(15(28)24-16)21-7-25(14)12-5-10(27)11(6-26)29-12/h1-4,7,10-12,26-27H,5-6H2,(H2,22,23,24,28). The molecule has 0 spiro atoms. The molecule has 2 aromatic heterocycles. The molecule has 4 N–H and O–H groups in total. The first-order chi connectivity index (χ1) is 13.8. The van der Waals surface area contributed by atoms with Crippen LogP contribution in [0.15, 0.2) is 35.4 Å². The van der Waals surface area contributed by atoms with E-state index in [-0.39, 0.29) is 35.8 Å². The summed E-state index contributed by atoms with van der Waals surface area (Å²) >= 11 is 0. The highest BCUT2D eigenvalue weighted by Crippen LogP contribution is 2.32. The minimum Gasteiger partial charge on any atom is -0.394 e. The molecule has 3 heterocycles. The van der Waals surface area contributed by atoms with Crippen LogP contribution in [0.25, 0.3) is 11.2 Å². The van der Waals surface area contributed by atoms with Gasteiger partial charge in [-0.3, -0.25) is 14.3 Å². The number of hydrogen-bond donors (Lipinski definition) is 4. The topological polar surface area (TPSA) is 125 Å². The van der Waals surface area contributed by atoms with E-state index in [1.165, 1.54) is 23.0 Å². The van der Waals surface area contributed by atoms with Crippen LogP contribution in [0.2, 0.25) is 0 Å². The molecule has 1 aliphatic rings. The van der Waals surface area contributed by atoms with Gasteiger partial charge in [-0.1, -0.05) is 6.07 Å². The fourth-order valence-electron chi connectivity index (χ4n) is 3.16. The molecule has 3 aromatic rings. The van der Waals surface area contributed by atoms with Gasteiger partial charge in [0.05, 0.1) is 24.6 Å². The van der Waals surface area contributed by atoms with Crippen LogP contribution in [-0.4, -0.2) is 48.5 Å². The van der Waals surface area contributed by atoms with E-state index in [0.29, 0.717) is 0 Å². The van der Waals surface area contributed by atoms with Crippen molar-refractivity contribution < 1.29 is 28.1 Å². The molecular formula is C17H16F3N5O4. The lowest BCUT2D eigenvalue weighted by Gasteiger charge is -2.14. The number of aromatic amines is 1. The normalized spacial score (nSPS) is 22.3. The van der Waals surface area contributed by atoms with Crippen LogP contribution in [0.4, 0.5) is 24.8 Å². The molecule has 3 atom stereocenters. The summed E-state index contributed by atoms with van der Waals surface area (Å²) < 4.78 is 45.7. The Hall–Kier alpha value is -2.96. The molecule has 0 amide bonds. The van der Waals surface area contributed by atoms with E-state index in [2.05, 4.69) is 20.3 Å². The second kappa shape index (κ2) is 7.13. The Morgan fingerprint density at radius 1 is 1.38 bits per heavy atom. The van der Waals surface area contributed by atoms with Crippen molar-refractivity contribution in [2.24, 2.45) is 0 Å². The summed E-state index contributed by atoms with van der Waals surface area (Å²) in [5.41, 5.74) is -1.23. The van der Waals surface area contributed by atoms with Gasteiger partial charge in [0.15, 0.2) is 11.2 Å². The van der Waals surface area contributed by atoms with Crippen molar-refractivity contribution >= 4 is 22.8 Å². The molecule has 0 bridgehead atoms. The fourth-order valence-corrected chi connectivity index (χ4v) is 3.16. The largest absolute Gasteiger partial charge is 0.416 e. The first kappa shape index (κ1) is 19.4. The fraction of sp³-hybridized carbons (Fsp3) is 0.353. The number of hydrogen-bond acceptors (Lipinski definition) is 7. The Labute approximate surface area is 160 Å². The van der Waals surface area contributed by atoms with E-state index in [1.807, 2.05) is 0 Å². The van der Waals surface area contributed by atoms with Gasteiger partial charge in [-0.05, 0) is 18.2 Å². The zero-order chi connectivity index (χ0) is 20.8. The Morgan fingerprint density at radius 2 is 2.17 bits per heavy atom. The number of alkyl halides is 3. The third kappa shape index (κ3) is 3.69. The Balaban J connectivity index is 1.68. The van der Waals surface area contributed by atoms with Crippen LogP contribution in [-0.2, 0) is 10.9 Å². The SMILES string of the molecule is O=c1[nH]c(Nc2cccc(C(F)(F)F)c2)nc2c1ncn2C1CC(O)C(CO)O1. The van der Waals surface area contributed by atoms with Crippen LogP contribution in [0, 0.1) is 0 Å². The number of imidazole rings is 1. The van der Waals surface area contributed by atoms with E-state index < -0.39 is 35.7 Å². The van der Waals surface area contributed by atoms with Crippen LogP contribution in [0.1, 0.15) is 18.2 Å². The number of H-pyrrole nitrogens is 1. The highest BCUT2D eigenvalue weighted by Gasteiger charge is 2.35. The number of aliphatic hydroxyl groups is 2. The van der Waals surface area contributed by atoms with Gasteiger partial charge in [-0.25, -0.2) is 4.98 Å².